The molecule has 136 valence electrons. The highest BCUT2D eigenvalue weighted by Crippen LogP contribution is 2.47. The molecule has 1 unspecified atom stereocenters. The number of benzene rings is 1. The fraction of sp³-hybridized carbons (Fsp3) is 0.611. The molecule has 0 saturated heterocycles. The van der Waals surface area contributed by atoms with Crippen molar-refractivity contribution in [3.8, 4) is 0 Å². The van der Waals surface area contributed by atoms with Crippen LogP contribution in [0.15, 0.2) is 35.3 Å². The molecule has 2 rings (SSSR count). The fourth-order valence-electron chi connectivity index (χ4n) is 2.55. The van der Waals surface area contributed by atoms with Gasteiger partial charge in [0.1, 0.15) is 0 Å². The molecule has 1 aromatic carbocycles. The van der Waals surface area contributed by atoms with Crippen molar-refractivity contribution in [1.82, 2.24) is 10.6 Å². The number of hydrogen-bond acceptors (Lipinski definition) is 2. The number of hydrogen-bond donors (Lipinski definition) is 2. The van der Waals surface area contributed by atoms with Gasteiger partial charge in [-0.3, -0.25) is 9.20 Å². The Hall–Kier alpha value is -0.630. The number of nitrogens with one attached hydrogen (secondary N) is 2. The second-order valence-corrected chi connectivity index (χ2v) is 9.48. The first-order valence-electron chi connectivity index (χ1n) is 8.26. The van der Waals surface area contributed by atoms with Crippen molar-refractivity contribution >= 4 is 40.7 Å². The molecular weight excluding hydrogens is 433 g/mol. The zero-order valence-corrected chi connectivity index (χ0v) is 18.2. The van der Waals surface area contributed by atoms with Gasteiger partial charge in [-0.25, -0.2) is 0 Å². The fourth-order valence-corrected chi connectivity index (χ4v) is 3.45. The van der Waals surface area contributed by atoms with Crippen molar-refractivity contribution < 1.29 is 4.21 Å². The van der Waals surface area contributed by atoms with Crippen molar-refractivity contribution in [2.45, 2.75) is 43.8 Å². The van der Waals surface area contributed by atoms with Gasteiger partial charge in [0.25, 0.3) is 0 Å². The lowest BCUT2D eigenvalue weighted by Crippen LogP contribution is -2.43. The standard InChI is InChI=1S/C18H29N3OS.HI/c1-17(2,3)23(22)13-12-20-16(19-4)21-14-18(10-11-18)15-8-6-5-7-9-15;/h5-9H,10-14H2,1-4H3,(H2,19,20,21);1H. The summed E-state index contributed by atoms with van der Waals surface area (Å²) in [5, 5.41) is 6.69. The van der Waals surface area contributed by atoms with E-state index in [2.05, 4.69) is 46.0 Å². The van der Waals surface area contributed by atoms with Crippen molar-refractivity contribution in [1.29, 1.82) is 0 Å². The number of aliphatic imine (C=N–C) groups is 1. The van der Waals surface area contributed by atoms with Crippen LogP contribution in [0.1, 0.15) is 39.2 Å². The molecule has 1 saturated carbocycles. The summed E-state index contributed by atoms with van der Waals surface area (Å²) in [6, 6.07) is 10.7. The summed E-state index contributed by atoms with van der Waals surface area (Å²) in [5.41, 5.74) is 1.66. The minimum absolute atomic E-state index is 0. The van der Waals surface area contributed by atoms with Crippen LogP contribution in [0.4, 0.5) is 0 Å². The molecule has 0 aromatic heterocycles. The van der Waals surface area contributed by atoms with E-state index in [9.17, 15) is 4.21 Å². The number of guanidine groups is 1. The quantitative estimate of drug-likeness (QED) is 0.388. The predicted octanol–water partition coefficient (Wildman–Crippen LogP) is 3.05. The normalized spacial score (nSPS) is 17.6. The third kappa shape index (κ3) is 6.02. The van der Waals surface area contributed by atoms with Gasteiger partial charge in [-0.05, 0) is 39.2 Å². The maximum absolute atomic E-state index is 12.1. The molecule has 0 amide bonds. The summed E-state index contributed by atoms with van der Waals surface area (Å²) in [5.74, 6) is 1.42. The van der Waals surface area contributed by atoms with E-state index >= 15 is 0 Å². The zero-order valence-electron chi connectivity index (χ0n) is 15.1. The lowest BCUT2D eigenvalue weighted by molar-refractivity contribution is 0.641. The summed E-state index contributed by atoms with van der Waals surface area (Å²) < 4.78 is 11.9. The Morgan fingerprint density at radius 2 is 1.83 bits per heavy atom. The lowest BCUT2D eigenvalue weighted by Gasteiger charge is -2.20. The van der Waals surface area contributed by atoms with Crippen LogP contribution in [0.5, 0.6) is 0 Å². The number of nitrogens with zero attached hydrogens (tertiary/aromatic N) is 1. The average Bonchev–Trinajstić information content (AvgIpc) is 3.31. The Morgan fingerprint density at radius 1 is 1.21 bits per heavy atom. The third-order valence-electron chi connectivity index (χ3n) is 4.32. The second kappa shape index (κ2) is 9.17. The van der Waals surface area contributed by atoms with E-state index in [4.69, 9.17) is 0 Å². The Morgan fingerprint density at radius 3 is 2.33 bits per heavy atom. The van der Waals surface area contributed by atoms with Crippen LogP contribution in [0.25, 0.3) is 0 Å². The Balaban J connectivity index is 0.00000288. The molecule has 0 aliphatic heterocycles. The van der Waals surface area contributed by atoms with Crippen LogP contribution in [0.3, 0.4) is 0 Å². The molecule has 4 nitrogen and oxygen atoms in total. The summed E-state index contributed by atoms with van der Waals surface area (Å²) in [7, 11) is 0.937. The van der Waals surface area contributed by atoms with E-state index in [1.54, 1.807) is 7.05 Å². The number of rotatable bonds is 6. The first kappa shape index (κ1) is 21.4. The van der Waals surface area contributed by atoms with Gasteiger partial charge in [-0.15, -0.1) is 24.0 Å². The third-order valence-corrected chi connectivity index (χ3v) is 6.26. The van der Waals surface area contributed by atoms with Crippen LogP contribution in [-0.2, 0) is 16.2 Å². The van der Waals surface area contributed by atoms with Crippen LogP contribution >= 0.6 is 24.0 Å². The summed E-state index contributed by atoms with van der Waals surface area (Å²) in [4.78, 5) is 4.27. The highest BCUT2D eigenvalue weighted by molar-refractivity contribution is 14.0. The zero-order chi connectivity index (χ0) is 16.9. The molecule has 24 heavy (non-hydrogen) atoms. The molecule has 1 atom stereocenters. The van der Waals surface area contributed by atoms with Crippen molar-refractivity contribution in [3.05, 3.63) is 35.9 Å². The van der Waals surface area contributed by atoms with Crippen LogP contribution in [0, 0.1) is 0 Å². The van der Waals surface area contributed by atoms with E-state index in [0.717, 1.165) is 12.5 Å². The highest BCUT2D eigenvalue weighted by Gasteiger charge is 2.43. The molecule has 0 radical (unpaired) electrons. The summed E-state index contributed by atoms with van der Waals surface area (Å²) in [6.45, 7) is 7.58. The second-order valence-electron chi connectivity index (χ2n) is 7.16. The van der Waals surface area contributed by atoms with E-state index in [-0.39, 0.29) is 34.1 Å². The molecule has 0 spiro atoms. The Labute approximate surface area is 165 Å². The monoisotopic (exact) mass is 463 g/mol. The maximum Gasteiger partial charge on any atom is 0.191 e. The summed E-state index contributed by atoms with van der Waals surface area (Å²) >= 11 is 0. The maximum atomic E-state index is 12.1. The predicted molar refractivity (Wildman–Crippen MR) is 115 cm³/mol. The van der Waals surface area contributed by atoms with Gasteiger partial charge in [0, 0.05) is 46.9 Å². The van der Waals surface area contributed by atoms with Gasteiger partial charge >= 0.3 is 0 Å². The van der Waals surface area contributed by atoms with Crippen molar-refractivity contribution in [2.24, 2.45) is 4.99 Å². The van der Waals surface area contributed by atoms with E-state index in [1.807, 2.05) is 20.8 Å². The van der Waals surface area contributed by atoms with Crippen molar-refractivity contribution in [3.63, 3.8) is 0 Å². The number of halogens is 1. The lowest BCUT2D eigenvalue weighted by atomic mass is 9.96. The molecule has 2 N–H and O–H groups in total. The largest absolute Gasteiger partial charge is 0.356 e. The minimum Gasteiger partial charge on any atom is -0.356 e. The molecule has 1 fully saturated rings. The molecular formula is C18H30IN3OS. The highest BCUT2D eigenvalue weighted by atomic mass is 127. The van der Waals surface area contributed by atoms with Gasteiger partial charge < -0.3 is 10.6 Å². The first-order chi connectivity index (χ1) is 10.9. The smallest absolute Gasteiger partial charge is 0.191 e. The topological polar surface area (TPSA) is 53.5 Å². The van der Waals surface area contributed by atoms with Crippen LogP contribution in [-0.4, -0.2) is 40.8 Å². The van der Waals surface area contributed by atoms with Gasteiger partial charge in [-0.2, -0.15) is 0 Å². The van der Waals surface area contributed by atoms with Crippen molar-refractivity contribution in [2.75, 3.05) is 25.9 Å². The molecule has 6 heteroatoms. The minimum atomic E-state index is -0.839. The van der Waals surface area contributed by atoms with Crippen LogP contribution in [0.2, 0.25) is 0 Å². The molecule has 1 aliphatic carbocycles. The molecule has 0 heterocycles. The van der Waals surface area contributed by atoms with Gasteiger partial charge in [0.15, 0.2) is 5.96 Å². The van der Waals surface area contributed by atoms with Crippen LogP contribution < -0.4 is 10.6 Å². The Bertz CT molecular complexity index is 565. The molecule has 0 bridgehead atoms. The molecule has 1 aliphatic rings. The summed E-state index contributed by atoms with van der Waals surface area (Å²) in [6.07, 6.45) is 2.43. The van der Waals surface area contributed by atoms with Gasteiger partial charge in [-0.1, -0.05) is 30.3 Å². The SMILES string of the molecule is CN=C(NCCS(=O)C(C)(C)C)NCC1(c2ccccc2)CC1.I. The first-order valence-corrected chi connectivity index (χ1v) is 9.58. The van der Waals surface area contributed by atoms with Gasteiger partial charge in [0.05, 0.1) is 0 Å². The van der Waals surface area contributed by atoms with E-state index < -0.39 is 10.8 Å². The van der Waals surface area contributed by atoms with Gasteiger partial charge in [0.2, 0.25) is 0 Å². The molecule has 1 aromatic rings. The Kier molecular flexibility index (Phi) is 8.19. The van der Waals surface area contributed by atoms with E-state index in [0.29, 0.717) is 12.3 Å². The average molecular weight is 463 g/mol. The van der Waals surface area contributed by atoms with E-state index in [1.165, 1.54) is 18.4 Å².